The van der Waals surface area contributed by atoms with Crippen LogP contribution in [0.4, 0.5) is 11.5 Å². The number of nitrogens with one attached hydrogen (secondary N) is 1. The van der Waals surface area contributed by atoms with Crippen LogP contribution < -0.4 is 15.0 Å². The molecule has 2 aliphatic rings. The molecule has 10 heteroatoms. The Morgan fingerprint density at radius 3 is 2.63 bits per heavy atom. The highest BCUT2D eigenvalue weighted by atomic mass is 32.2. The summed E-state index contributed by atoms with van der Waals surface area (Å²) in [5.41, 5.74) is 4.74. The van der Waals surface area contributed by atoms with Gasteiger partial charge in [-0.1, -0.05) is 44.6 Å². The second kappa shape index (κ2) is 16.9. The fourth-order valence-corrected chi connectivity index (χ4v) is 7.62. The van der Waals surface area contributed by atoms with E-state index in [4.69, 9.17) is 14.5 Å². The zero-order valence-electron chi connectivity index (χ0n) is 28.6. The van der Waals surface area contributed by atoms with Gasteiger partial charge < -0.3 is 24.3 Å². The molecule has 2 aliphatic heterocycles. The van der Waals surface area contributed by atoms with Crippen LogP contribution >= 0.6 is 0 Å². The molecule has 49 heavy (non-hydrogen) atoms. The van der Waals surface area contributed by atoms with Gasteiger partial charge in [0.05, 0.1) is 41.1 Å². The number of aromatic nitrogens is 3. The summed E-state index contributed by atoms with van der Waals surface area (Å²) in [6.07, 6.45) is 15.6. The summed E-state index contributed by atoms with van der Waals surface area (Å²) in [5.74, 6) is 1.86. The number of hydrogen-bond acceptors (Lipinski definition) is 7. The third kappa shape index (κ3) is 8.85. The van der Waals surface area contributed by atoms with Gasteiger partial charge in [0.15, 0.2) is 0 Å². The second-order valence-corrected chi connectivity index (χ2v) is 14.2. The fraction of sp³-hybridized carbons (Fsp3) is 0.410. The first-order valence-electron chi connectivity index (χ1n) is 17.6. The van der Waals surface area contributed by atoms with Crippen LogP contribution in [0.5, 0.6) is 5.75 Å². The smallest absolute Gasteiger partial charge is 0.231 e. The van der Waals surface area contributed by atoms with E-state index in [0.717, 1.165) is 97.1 Å². The van der Waals surface area contributed by atoms with Crippen LogP contribution in [0.2, 0.25) is 0 Å². The third-order valence-corrected chi connectivity index (χ3v) is 10.5. The van der Waals surface area contributed by atoms with Gasteiger partial charge in [-0.15, -0.1) is 0 Å². The van der Waals surface area contributed by atoms with Gasteiger partial charge in [-0.05, 0) is 80.1 Å². The number of anilines is 2. The van der Waals surface area contributed by atoms with Crippen LogP contribution in [0.3, 0.4) is 0 Å². The van der Waals surface area contributed by atoms with Gasteiger partial charge in [0.1, 0.15) is 18.2 Å². The number of carbonyl (C=O) groups excluding carboxylic acids is 1. The molecule has 1 amide bonds. The second-order valence-electron chi connectivity index (χ2n) is 12.7. The molecule has 3 unspecified atom stereocenters. The van der Waals surface area contributed by atoms with E-state index in [9.17, 15) is 9.00 Å². The summed E-state index contributed by atoms with van der Waals surface area (Å²) >= 11 is 0. The minimum Gasteiger partial charge on any atom is -0.491 e. The maximum Gasteiger partial charge on any atom is 0.231 e. The van der Waals surface area contributed by atoms with E-state index in [1.54, 1.807) is 12.5 Å². The van der Waals surface area contributed by atoms with Gasteiger partial charge in [-0.2, -0.15) is 0 Å². The average Bonchev–Trinajstić information content (AvgIpc) is 3.76. The van der Waals surface area contributed by atoms with Gasteiger partial charge >= 0.3 is 0 Å². The number of hydrogen-bond donors (Lipinski definition) is 1. The molecule has 2 aromatic carbocycles. The monoisotopic (exact) mass is 681 g/mol. The number of ether oxygens (including phenoxy) is 2. The van der Waals surface area contributed by atoms with Gasteiger partial charge in [-0.3, -0.25) is 9.00 Å². The van der Waals surface area contributed by atoms with Crippen molar-refractivity contribution < 1.29 is 18.5 Å². The molecule has 3 atom stereocenters. The molecule has 4 heterocycles. The summed E-state index contributed by atoms with van der Waals surface area (Å²) in [4.78, 5) is 25.9. The van der Waals surface area contributed by atoms with Crippen molar-refractivity contribution in [2.45, 2.75) is 75.6 Å². The van der Waals surface area contributed by atoms with E-state index in [1.807, 2.05) is 48.7 Å². The van der Waals surface area contributed by atoms with Crippen molar-refractivity contribution in [3.8, 4) is 16.9 Å². The maximum absolute atomic E-state index is 13.6. The summed E-state index contributed by atoms with van der Waals surface area (Å²) < 4.78 is 26.6. The standard InChI is InChI=1S/C39H47N5O4S/c1-3-5-20-47-21-22-48-36-14-10-29(11-15-36)32-23-30-8-9-31(24-34-7-6-19-44(34)38(30)41-25-32)39(45)42-33-12-16-37(17-13-33)49(46)27-35-26-40-28-43(35)18-4-2/h8-17,23,25-26,28,31,34H,3-7,18-22,24,27H2,1-2H3,(H,42,45)/b9-8-. The Morgan fingerprint density at radius 2 is 1.84 bits per heavy atom. The molecule has 0 spiro atoms. The molecule has 6 rings (SSSR count). The third-order valence-electron chi connectivity index (χ3n) is 9.17. The molecule has 258 valence electrons. The topological polar surface area (TPSA) is 98.6 Å². The number of fused-ring (bicyclic) bond motifs is 3. The first kappa shape index (κ1) is 34.6. The predicted octanol–water partition coefficient (Wildman–Crippen LogP) is 7.50. The zero-order valence-corrected chi connectivity index (χ0v) is 29.4. The molecular weight excluding hydrogens is 635 g/mol. The SMILES string of the molecule is CCCCOCCOc1ccc(-c2cnc3c(c2)/C=C\C(C(=O)Nc2ccc(S(=O)Cc4cncn4CCC)cc2)CC2CCCN32)cc1. The Bertz CT molecular complexity index is 1740. The Balaban J connectivity index is 1.11. The first-order valence-corrected chi connectivity index (χ1v) is 18.9. The summed E-state index contributed by atoms with van der Waals surface area (Å²) in [6.45, 7) is 7.93. The van der Waals surface area contributed by atoms with Crippen LogP contribution in [-0.2, 0) is 32.6 Å². The Hall–Kier alpha value is -4.28. The van der Waals surface area contributed by atoms with Crippen LogP contribution in [0.15, 0.2) is 84.3 Å². The van der Waals surface area contributed by atoms with E-state index >= 15 is 0 Å². The average molecular weight is 682 g/mol. The number of nitrogens with zero attached hydrogens (tertiary/aromatic N) is 4. The summed E-state index contributed by atoms with van der Waals surface area (Å²) in [5, 5.41) is 3.11. The van der Waals surface area contributed by atoms with Crippen LogP contribution in [0.1, 0.15) is 63.6 Å². The number of benzene rings is 2. The number of carbonyl (C=O) groups is 1. The van der Waals surface area contributed by atoms with Gasteiger partial charge in [0.25, 0.3) is 0 Å². The molecule has 1 saturated heterocycles. The van der Waals surface area contributed by atoms with Crippen LogP contribution in [0, 0.1) is 5.92 Å². The zero-order chi connectivity index (χ0) is 34.0. The molecule has 9 nitrogen and oxygen atoms in total. The highest BCUT2D eigenvalue weighted by Crippen LogP contribution is 2.36. The van der Waals surface area contributed by atoms with Crippen molar-refractivity contribution in [1.29, 1.82) is 0 Å². The predicted molar refractivity (Wildman–Crippen MR) is 196 cm³/mol. The number of rotatable bonds is 15. The van der Waals surface area contributed by atoms with Crippen molar-refractivity contribution in [2.75, 3.05) is 36.6 Å². The van der Waals surface area contributed by atoms with Crippen molar-refractivity contribution in [2.24, 2.45) is 5.92 Å². The van der Waals surface area contributed by atoms with E-state index in [1.165, 1.54) is 0 Å². The van der Waals surface area contributed by atoms with E-state index in [2.05, 4.69) is 57.9 Å². The Morgan fingerprint density at radius 1 is 1.00 bits per heavy atom. The lowest BCUT2D eigenvalue weighted by Gasteiger charge is -2.31. The van der Waals surface area contributed by atoms with E-state index in [0.29, 0.717) is 24.7 Å². The Kier molecular flexibility index (Phi) is 11.9. The van der Waals surface area contributed by atoms with Crippen molar-refractivity contribution in [3.05, 3.63) is 90.7 Å². The molecule has 4 aromatic rings. The lowest BCUT2D eigenvalue weighted by Crippen LogP contribution is -2.35. The molecule has 0 aliphatic carbocycles. The summed E-state index contributed by atoms with van der Waals surface area (Å²) in [6, 6.07) is 17.8. The number of aryl methyl sites for hydroxylation is 1. The highest BCUT2D eigenvalue weighted by Gasteiger charge is 2.32. The molecule has 0 bridgehead atoms. The maximum atomic E-state index is 13.6. The lowest BCUT2D eigenvalue weighted by atomic mass is 9.93. The molecule has 0 saturated carbocycles. The van der Waals surface area contributed by atoms with Crippen molar-refractivity contribution >= 4 is 34.3 Å². The number of unbranched alkanes of at least 4 members (excludes halogenated alkanes) is 1. The largest absolute Gasteiger partial charge is 0.491 e. The minimum absolute atomic E-state index is 0.0423. The lowest BCUT2D eigenvalue weighted by molar-refractivity contribution is -0.118. The highest BCUT2D eigenvalue weighted by molar-refractivity contribution is 7.84. The van der Waals surface area contributed by atoms with Crippen molar-refractivity contribution in [1.82, 2.24) is 14.5 Å². The normalized spacial score (nSPS) is 18.2. The van der Waals surface area contributed by atoms with Crippen LogP contribution in [-0.4, -0.2) is 57.1 Å². The molecule has 1 fully saturated rings. The first-order chi connectivity index (χ1) is 24.0. The molecule has 1 N–H and O–H groups in total. The number of pyridine rings is 1. The van der Waals surface area contributed by atoms with E-state index in [-0.39, 0.29) is 17.9 Å². The molecule has 2 aromatic heterocycles. The quantitative estimate of drug-likeness (QED) is 0.130. The van der Waals surface area contributed by atoms with Gasteiger partial charge in [0.2, 0.25) is 5.91 Å². The number of amides is 1. The van der Waals surface area contributed by atoms with E-state index < -0.39 is 10.8 Å². The molecular formula is C39H47N5O4S. The van der Waals surface area contributed by atoms with Gasteiger partial charge in [-0.25, -0.2) is 9.97 Å². The molecule has 0 radical (unpaired) electrons. The van der Waals surface area contributed by atoms with Gasteiger partial charge in [0, 0.05) is 59.8 Å². The number of imidazole rings is 1. The minimum atomic E-state index is -1.21. The summed E-state index contributed by atoms with van der Waals surface area (Å²) in [7, 11) is -1.21. The van der Waals surface area contributed by atoms with Crippen LogP contribution in [0.25, 0.3) is 17.2 Å². The Labute approximate surface area is 292 Å². The van der Waals surface area contributed by atoms with Crippen molar-refractivity contribution in [3.63, 3.8) is 0 Å². The fourth-order valence-electron chi connectivity index (χ4n) is 6.50.